The van der Waals surface area contributed by atoms with Crippen molar-refractivity contribution >= 4 is 20.0 Å². The predicted molar refractivity (Wildman–Crippen MR) is 64.9 cm³/mol. The highest BCUT2D eigenvalue weighted by atomic mass is 32.3. The lowest BCUT2D eigenvalue weighted by atomic mass is 10.4. The van der Waals surface area contributed by atoms with Crippen LogP contribution in [0.2, 0.25) is 0 Å². The number of halogens is 9. The van der Waals surface area contributed by atoms with Gasteiger partial charge in [-0.2, -0.15) is 44.2 Å². The van der Waals surface area contributed by atoms with E-state index in [-0.39, 0.29) is 0 Å². The first-order valence-corrected chi connectivity index (χ1v) is 8.47. The van der Waals surface area contributed by atoms with Crippen molar-refractivity contribution in [2.24, 2.45) is 14.1 Å². The number of rotatable bonds is 2. The fraction of sp³-hybridized carbons (Fsp3) is 0.625. The van der Waals surface area contributed by atoms with Crippen molar-refractivity contribution in [1.82, 2.24) is 4.68 Å². The number of hydrogen-bond donors (Lipinski definition) is 0. The Morgan fingerprint density at radius 2 is 1.23 bits per heavy atom. The van der Waals surface area contributed by atoms with Crippen molar-refractivity contribution in [3.05, 3.63) is 22.1 Å². The summed E-state index contributed by atoms with van der Waals surface area (Å²) in [6, 6.07) is 1.04. The first kappa shape index (κ1) is 24.4. The molecule has 18 heteroatoms. The Labute approximate surface area is 140 Å². The third-order valence-corrected chi connectivity index (χ3v) is 5.08. The number of hydrogen-bond acceptors (Lipinski definition) is 4. The van der Waals surface area contributed by atoms with Gasteiger partial charge in [0, 0.05) is 6.07 Å². The monoisotopic (exact) mass is 445 g/mol. The maximum absolute atomic E-state index is 12.0. The van der Waals surface area contributed by atoms with Crippen LogP contribution in [0.4, 0.5) is 39.5 Å². The maximum atomic E-state index is 12.0. The normalized spacial score (nSPS) is 14.0. The van der Waals surface area contributed by atoms with E-state index in [1.54, 1.807) is 7.05 Å². The van der Waals surface area contributed by atoms with E-state index in [0.717, 1.165) is 14.9 Å². The van der Waals surface area contributed by atoms with Gasteiger partial charge in [-0.3, -0.25) is 0 Å². The summed E-state index contributed by atoms with van der Waals surface area (Å²) in [5.41, 5.74) is -13.0. The zero-order valence-corrected chi connectivity index (χ0v) is 14.0. The molecule has 154 valence electrons. The zero-order chi connectivity index (χ0) is 21.4. The smallest absolute Gasteiger partial charge is 0.421 e. The highest BCUT2D eigenvalue weighted by molar-refractivity contribution is 8.13. The Kier molecular flexibility index (Phi) is 6.78. The maximum Gasteiger partial charge on any atom is 0.480 e. The minimum atomic E-state index is -6.72. The van der Waals surface area contributed by atoms with Crippen molar-refractivity contribution in [1.29, 1.82) is 0 Å². The summed E-state index contributed by atoms with van der Waals surface area (Å²) in [4.78, 5) is 0. The van der Waals surface area contributed by atoms with E-state index < -0.39 is 42.9 Å². The molecule has 0 unspecified atom stereocenters. The van der Waals surface area contributed by atoms with Crippen LogP contribution < -0.4 is 4.68 Å². The number of alkyl halides is 9. The van der Waals surface area contributed by atoms with E-state index in [2.05, 4.69) is 0 Å². The molecule has 26 heavy (non-hydrogen) atoms. The van der Waals surface area contributed by atoms with Gasteiger partial charge >= 0.3 is 17.2 Å². The molecule has 0 radical (unpaired) electrons. The number of aromatic nitrogens is 2. The Hall–Kier alpha value is -1.56. The summed E-state index contributed by atoms with van der Waals surface area (Å²) < 4.78 is 148. The third kappa shape index (κ3) is 6.01. The van der Waals surface area contributed by atoms with Gasteiger partial charge in [0.2, 0.25) is 0 Å². The molecule has 0 saturated carbocycles. The van der Waals surface area contributed by atoms with Crippen LogP contribution in [-0.2, 0) is 40.3 Å². The Morgan fingerprint density at radius 3 is 1.38 bits per heavy atom. The Bertz CT molecular complexity index is 792. The molecule has 1 rings (SSSR count). The molecule has 0 N–H and O–H groups in total. The van der Waals surface area contributed by atoms with Gasteiger partial charge in [0.25, 0.3) is 0 Å². The van der Waals surface area contributed by atoms with Crippen LogP contribution in [0, 0.1) is 0 Å². The Morgan fingerprint density at radius 1 is 0.885 bits per heavy atom. The first-order valence-electron chi connectivity index (χ1n) is 5.59. The average Bonchev–Trinajstić information content (AvgIpc) is 2.66. The molecule has 0 aliphatic carbocycles. The zero-order valence-electron chi connectivity index (χ0n) is 12.3. The van der Waals surface area contributed by atoms with Gasteiger partial charge in [0.05, 0.1) is 7.05 Å². The molecule has 0 amide bonds. The minimum Gasteiger partial charge on any atom is -0.421 e. The fourth-order valence-corrected chi connectivity index (χ4v) is 2.76. The largest absolute Gasteiger partial charge is 0.480 e. The van der Waals surface area contributed by atoms with Crippen molar-refractivity contribution in [3.8, 4) is 0 Å². The second kappa shape index (κ2) is 7.22. The van der Waals surface area contributed by atoms with Gasteiger partial charge in [-0.15, -0.1) is 4.68 Å². The van der Waals surface area contributed by atoms with E-state index in [1.807, 2.05) is 0 Å². The van der Waals surface area contributed by atoms with Crippen LogP contribution in [0.15, 0.2) is 12.3 Å². The van der Waals surface area contributed by atoms with Gasteiger partial charge < -0.3 is 4.13 Å². The average molecular weight is 445 g/mol. The van der Waals surface area contributed by atoms with E-state index in [9.17, 15) is 56.3 Å². The highest BCUT2D eigenvalue weighted by Crippen LogP contribution is 2.36. The lowest BCUT2D eigenvalue weighted by Gasteiger charge is -2.22. The van der Waals surface area contributed by atoms with Crippen molar-refractivity contribution in [2.45, 2.75) is 17.2 Å². The molecule has 7 nitrogen and oxygen atoms in total. The quantitative estimate of drug-likeness (QED) is 0.514. The standard InChI is InChI=1S/C6H8F3N2.C2F6NO4S2/c1-10-4-3-5(11(10)2)6(7,8)9;3-1(4,5)14(10,11)9-15(12,13)2(6,7)8/h3-4H,1-2H3;/q+1;-1. The number of nitrogens with zero attached hydrogens (tertiary/aromatic N) is 3. The molecule has 0 saturated heterocycles. The molecule has 0 bridgehead atoms. The molecule has 1 aromatic rings. The lowest BCUT2D eigenvalue weighted by Crippen LogP contribution is -2.38. The molecule has 0 spiro atoms. The fourth-order valence-electron chi connectivity index (χ4n) is 1.05. The van der Waals surface area contributed by atoms with Gasteiger partial charge in [0.15, 0.2) is 39.0 Å². The summed E-state index contributed by atoms with van der Waals surface area (Å²) >= 11 is 0. The summed E-state index contributed by atoms with van der Waals surface area (Å²) in [6.45, 7) is 0. The van der Waals surface area contributed by atoms with E-state index >= 15 is 0 Å². The van der Waals surface area contributed by atoms with Crippen LogP contribution in [0.25, 0.3) is 4.13 Å². The number of aryl methyl sites for hydroxylation is 1. The topological polar surface area (TPSA) is 91.2 Å². The summed E-state index contributed by atoms with van der Waals surface area (Å²) in [6.07, 6.45) is -2.89. The molecule has 0 atom stereocenters. The second-order valence-electron chi connectivity index (χ2n) is 4.21. The first-order chi connectivity index (χ1) is 11.1. The van der Waals surface area contributed by atoms with Crippen LogP contribution in [-0.4, -0.2) is 32.5 Å². The minimum absolute atomic E-state index is 0.639. The van der Waals surface area contributed by atoms with Crippen molar-refractivity contribution in [3.63, 3.8) is 0 Å². The number of sulfonamides is 2. The molecule has 0 aliphatic rings. The van der Waals surface area contributed by atoms with E-state index in [4.69, 9.17) is 0 Å². The van der Waals surface area contributed by atoms with Crippen molar-refractivity contribution in [2.75, 3.05) is 0 Å². The van der Waals surface area contributed by atoms with E-state index in [1.165, 1.54) is 17.9 Å². The lowest BCUT2D eigenvalue weighted by molar-refractivity contribution is -0.752. The van der Waals surface area contributed by atoms with Crippen molar-refractivity contribution < 1.29 is 61.0 Å². The molecule has 0 aliphatic heterocycles. The highest BCUT2D eigenvalue weighted by Gasteiger charge is 2.47. The molecular weight excluding hydrogens is 437 g/mol. The van der Waals surface area contributed by atoms with Gasteiger partial charge in [-0.05, 0) is 0 Å². The summed E-state index contributed by atoms with van der Waals surface area (Å²) in [5, 5.41) is 0. The predicted octanol–water partition coefficient (Wildman–Crippen LogP) is 1.93. The van der Waals surface area contributed by atoms with Crippen LogP contribution >= 0.6 is 0 Å². The van der Waals surface area contributed by atoms with E-state index in [0.29, 0.717) is 0 Å². The molecule has 0 aromatic carbocycles. The van der Waals surface area contributed by atoms with Gasteiger partial charge in [0.1, 0.15) is 0 Å². The Balaban J connectivity index is 0.000000502. The van der Waals surface area contributed by atoms with Gasteiger partial charge in [-0.25, -0.2) is 16.8 Å². The van der Waals surface area contributed by atoms with Crippen LogP contribution in [0.5, 0.6) is 0 Å². The molecule has 1 heterocycles. The molecule has 0 fully saturated rings. The van der Waals surface area contributed by atoms with Crippen LogP contribution in [0.3, 0.4) is 0 Å². The summed E-state index contributed by atoms with van der Waals surface area (Å²) in [7, 11) is -10.5. The molecular formula is C8H8F9N3O4S2. The third-order valence-electron chi connectivity index (χ3n) is 2.34. The SMILES string of the molecule is Cn1c(C(F)(F)F)cc[n+]1C.O=S(=O)([N-]S(=O)(=O)C(F)(F)F)C(F)(F)F. The molecule has 1 aromatic heterocycles. The second-order valence-corrected chi connectivity index (χ2v) is 7.63. The van der Waals surface area contributed by atoms with Crippen LogP contribution in [0.1, 0.15) is 5.69 Å². The summed E-state index contributed by atoms with van der Waals surface area (Å²) in [5.74, 6) is 0. The van der Waals surface area contributed by atoms with Gasteiger partial charge in [-0.1, -0.05) is 0 Å².